The van der Waals surface area contributed by atoms with Gasteiger partial charge in [-0.05, 0) is 32.4 Å². The molecular formula is C12H17BrO3. The number of rotatable bonds is 4. The minimum absolute atomic E-state index is 0.219. The van der Waals surface area contributed by atoms with Crippen molar-refractivity contribution < 1.29 is 14.3 Å². The van der Waals surface area contributed by atoms with Gasteiger partial charge in [-0.25, -0.2) is 4.79 Å². The molecule has 0 aliphatic carbocycles. The van der Waals surface area contributed by atoms with E-state index in [2.05, 4.69) is 29.1 Å². The van der Waals surface area contributed by atoms with Crippen molar-refractivity contribution in [3.63, 3.8) is 0 Å². The van der Waals surface area contributed by atoms with Crippen LogP contribution in [0.5, 0.6) is 0 Å². The molecule has 0 fully saturated rings. The SMILES string of the molecule is C=C(/C=C\C(=C)OC(=O)OC(C)(C)C)CBr. The summed E-state index contributed by atoms with van der Waals surface area (Å²) in [5.74, 6) is 0.219. The third kappa shape index (κ3) is 8.29. The quantitative estimate of drug-likeness (QED) is 0.340. The fourth-order valence-corrected chi connectivity index (χ4v) is 0.854. The number of halogens is 1. The predicted molar refractivity (Wildman–Crippen MR) is 68.5 cm³/mol. The summed E-state index contributed by atoms with van der Waals surface area (Å²) in [5, 5.41) is 0.656. The lowest BCUT2D eigenvalue weighted by atomic mass is 10.2. The zero-order chi connectivity index (χ0) is 12.8. The first kappa shape index (κ1) is 15.0. The molecule has 0 atom stereocenters. The maximum Gasteiger partial charge on any atom is 0.514 e. The van der Waals surface area contributed by atoms with E-state index in [0.29, 0.717) is 5.33 Å². The van der Waals surface area contributed by atoms with Crippen LogP contribution in [0, 0.1) is 0 Å². The van der Waals surface area contributed by atoms with Gasteiger partial charge in [0, 0.05) is 5.33 Å². The van der Waals surface area contributed by atoms with Crippen LogP contribution in [0.15, 0.2) is 36.6 Å². The van der Waals surface area contributed by atoms with Gasteiger partial charge in [-0.15, -0.1) is 0 Å². The third-order valence-corrected chi connectivity index (χ3v) is 2.00. The normalized spacial score (nSPS) is 11.2. The van der Waals surface area contributed by atoms with Gasteiger partial charge in [0.25, 0.3) is 0 Å². The highest BCUT2D eigenvalue weighted by Gasteiger charge is 2.17. The van der Waals surface area contributed by atoms with Crippen LogP contribution >= 0.6 is 15.9 Å². The third-order valence-electron chi connectivity index (χ3n) is 1.28. The minimum atomic E-state index is -0.758. The first-order valence-electron chi connectivity index (χ1n) is 4.76. The molecule has 0 heterocycles. The van der Waals surface area contributed by atoms with Crippen LogP contribution in [0.2, 0.25) is 0 Å². The highest BCUT2D eigenvalue weighted by atomic mass is 79.9. The second kappa shape index (κ2) is 6.53. The van der Waals surface area contributed by atoms with E-state index in [1.165, 1.54) is 0 Å². The Morgan fingerprint density at radius 3 is 2.31 bits per heavy atom. The molecule has 4 heteroatoms. The van der Waals surface area contributed by atoms with Gasteiger partial charge in [-0.2, -0.15) is 0 Å². The van der Waals surface area contributed by atoms with Gasteiger partial charge in [0.05, 0.1) is 0 Å². The van der Waals surface area contributed by atoms with Crippen LogP contribution in [0.3, 0.4) is 0 Å². The maximum atomic E-state index is 11.2. The van der Waals surface area contributed by atoms with Crippen molar-refractivity contribution in [3.05, 3.63) is 36.6 Å². The Bertz CT molecular complexity index is 311. The first-order valence-corrected chi connectivity index (χ1v) is 5.88. The number of hydrogen-bond acceptors (Lipinski definition) is 3. The summed E-state index contributed by atoms with van der Waals surface area (Å²) in [7, 11) is 0. The van der Waals surface area contributed by atoms with Gasteiger partial charge < -0.3 is 9.47 Å². The molecular weight excluding hydrogens is 272 g/mol. The average Bonchev–Trinajstić information content (AvgIpc) is 2.10. The molecule has 0 unspecified atom stereocenters. The average molecular weight is 289 g/mol. The molecule has 0 N–H and O–H groups in total. The van der Waals surface area contributed by atoms with Gasteiger partial charge in [-0.3, -0.25) is 0 Å². The molecule has 0 aromatic rings. The lowest BCUT2D eigenvalue weighted by Crippen LogP contribution is -2.24. The number of ether oxygens (including phenoxy) is 2. The molecule has 0 radical (unpaired) electrons. The van der Waals surface area contributed by atoms with Crippen molar-refractivity contribution >= 4 is 22.1 Å². The lowest BCUT2D eigenvalue weighted by Gasteiger charge is -2.18. The van der Waals surface area contributed by atoms with E-state index in [1.54, 1.807) is 32.9 Å². The van der Waals surface area contributed by atoms with Crippen LogP contribution in [-0.4, -0.2) is 17.1 Å². The second-order valence-corrected chi connectivity index (χ2v) is 4.72. The second-order valence-electron chi connectivity index (χ2n) is 4.16. The molecule has 16 heavy (non-hydrogen) atoms. The van der Waals surface area contributed by atoms with E-state index < -0.39 is 11.8 Å². The maximum absolute atomic E-state index is 11.2. The van der Waals surface area contributed by atoms with Crippen LogP contribution in [-0.2, 0) is 9.47 Å². The summed E-state index contributed by atoms with van der Waals surface area (Å²) >= 11 is 3.24. The van der Waals surface area contributed by atoms with Crippen molar-refractivity contribution in [3.8, 4) is 0 Å². The number of hydrogen-bond donors (Lipinski definition) is 0. The predicted octanol–water partition coefficient (Wildman–Crippen LogP) is 3.96. The standard InChI is InChI=1S/C12H17BrO3/c1-9(8-13)6-7-10(2)15-11(14)16-12(3,4)5/h6-7H,1-2,8H2,3-5H3/b7-6-. The van der Waals surface area contributed by atoms with Crippen molar-refractivity contribution in [1.82, 2.24) is 0 Å². The number of carbonyl (C=O) groups excluding carboxylic acids is 1. The Labute approximate surface area is 105 Å². The fourth-order valence-electron chi connectivity index (χ4n) is 0.667. The largest absolute Gasteiger partial charge is 0.514 e. The minimum Gasteiger partial charge on any atom is -0.428 e. The van der Waals surface area contributed by atoms with Gasteiger partial charge in [0.2, 0.25) is 0 Å². The molecule has 0 amide bonds. The van der Waals surface area contributed by atoms with Crippen molar-refractivity contribution in [2.24, 2.45) is 0 Å². The molecule has 0 aliphatic rings. The van der Waals surface area contributed by atoms with Crippen LogP contribution in [0.4, 0.5) is 4.79 Å². The Hall–Kier alpha value is -1.03. The molecule has 0 aromatic carbocycles. The van der Waals surface area contributed by atoms with Crippen molar-refractivity contribution in [1.29, 1.82) is 0 Å². The molecule has 90 valence electrons. The van der Waals surface area contributed by atoms with Gasteiger partial charge in [0.1, 0.15) is 11.4 Å². The molecule has 0 spiro atoms. The number of allylic oxidation sites excluding steroid dienone is 3. The number of carbonyl (C=O) groups is 1. The van der Waals surface area contributed by atoms with E-state index in [0.717, 1.165) is 5.57 Å². The van der Waals surface area contributed by atoms with Gasteiger partial charge in [0.15, 0.2) is 0 Å². The fraction of sp³-hybridized carbons (Fsp3) is 0.417. The molecule has 0 bridgehead atoms. The van der Waals surface area contributed by atoms with Crippen molar-refractivity contribution in [2.45, 2.75) is 26.4 Å². The summed E-state index contributed by atoms with van der Waals surface area (Å²) in [6.45, 7) is 12.6. The van der Waals surface area contributed by atoms with Crippen LogP contribution in [0.1, 0.15) is 20.8 Å². The monoisotopic (exact) mass is 288 g/mol. The highest BCUT2D eigenvalue weighted by molar-refractivity contribution is 9.09. The van der Waals surface area contributed by atoms with Crippen LogP contribution in [0.25, 0.3) is 0 Å². The zero-order valence-electron chi connectivity index (χ0n) is 9.88. The van der Waals surface area contributed by atoms with Crippen molar-refractivity contribution in [2.75, 3.05) is 5.33 Å². The van der Waals surface area contributed by atoms with E-state index >= 15 is 0 Å². The summed E-state index contributed by atoms with van der Waals surface area (Å²) in [5.41, 5.74) is 0.287. The summed E-state index contributed by atoms with van der Waals surface area (Å²) in [6, 6.07) is 0. The molecule has 0 aromatic heterocycles. The Morgan fingerprint density at radius 2 is 1.88 bits per heavy atom. The van der Waals surface area contributed by atoms with E-state index in [9.17, 15) is 4.79 Å². The van der Waals surface area contributed by atoms with Crippen LogP contribution < -0.4 is 0 Å². The highest BCUT2D eigenvalue weighted by Crippen LogP contribution is 2.10. The Morgan fingerprint density at radius 1 is 1.31 bits per heavy atom. The molecule has 0 aliphatic heterocycles. The summed E-state index contributed by atoms with van der Waals surface area (Å²) < 4.78 is 9.78. The molecule has 0 saturated carbocycles. The summed E-state index contributed by atoms with van der Waals surface area (Å²) in [6.07, 6.45) is 2.52. The lowest BCUT2D eigenvalue weighted by molar-refractivity contribution is 0.00808. The molecule has 0 rings (SSSR count). The first-order chi connectivity index (χ1) is 7.24. The number of alkyl halides is 1. The van der Waals surface area contributed by atoms with Gasteiger partial charge >= 0.3 is 6.16 Å². The molecule has 0 saturated heterocycles. The smallest absolute Gasteiger partial charge is 0.428 e. The Balaban J connectivity index is 4.11. The Kier molecular flexibility index (Phi) is 6.11. The topological polar surface area (TPSA) is 35.5 Å². The summed E-state index contributed by atoms with van der Waals surface area (Å²) in [4.78, 5) is 11.2. The van der Waals surface area contributed by atoms with E-state index in [4.69, 9.17) is 9.47 Å². The van der Waals surface area contributed by atoms with E-state index in [-0.39, 0.29) is 5.76 Å². The molecule has 3 nitrogen and oxygen atoms in total. The van der Waals surface area contributed by atoms with E-state index in [1.807, 2.05) is 0 Å². The van der Waals surface area contributed by atoms with Gasteiger partial charge in [-0.1, -0.05) is 35.2 Å². The zero-order valence-corrected chi connectivity index (χ0v) is 11.5.